The number of hydrogen-bond donors (Lipinski definition) is 0. The summed E-state index contributed by atoms with van der Waals surface area (Å²) >= 11 is 0. The Hall–Kier alpha value is -12.3. The van der Waals surface area contributed by atoms with Crippen molar-refractivity contribution in [1.82, 2.24) is 18.3 Å². The monoisotopic (exact) mass is 1360 g/mol. The zero-order valence-electron chi connectivity index (χ0n) is 56.2. The first-order valence-electron chi connectivity index (χ1n) is 32.7. The minimum atomic E-state index is -5.00. The third-order valence-corrected chi connectivity index (χ3v) is 19.9. The fourth-order valence-corrected chi connectivity index (χ4v) is 15.7. The van der Waals surface area contributed by atoms with Gasteiger partial charge in [0.1, 0.15) is 17.2 Å². The Kier molecular flexibility index (Phi) is 15.4. The second kappa shape index (κ2) is 24.0. The number of nitriles is 1. The van der Waals surface area contributed by atoms with E-state index in [1.54, 1.807) is 59.2 Å². The van der Waals surface area contributed by atoms with Gasteiger partial charge in [-0.05, 0) is 208 Å². The molecule has 7 nitrogen and oxygen atoms in total. The summed E-state index contributed by atoms with van der Waals surface area (Å²) in [5.74, 6) is 0. The minimum absolute atomic E-state index is 0.0954. The lowest BCUT2D eigenvalue weighted by Gasteiger charge is -2.25. The summed E-state index contributed by atoms with van der Waals surface area (Å²) in [6.07, 6.45) is -14.5. The van der Waals surface area contributed by atoms with Crippen molar-refractivity contribution >= 4 is 98.6 Å². The van der Waals surface area contributed by atoms with Gasteiger partial charge in [-0.15, -0.1) is 0 Å². The lowest BCUT2D eigenvalue weighted by Crippen LogP contribution is -2.17. The van der Waals surface area contributed by atoms with Crippen LogP contribution in [0, 0.1) is 79.9 Å². The van der Waals surface area contributed by atoms with Gasteiger partial charge in [-0.2, -0.15) is 44.8 Å². The minimum Gasteiger partial charge on any atom is -0.309 e. The molecule has 0 aliphatic heterocycles. The van der Waals surface area contributed by atoms with Crippen LogP contribution in [0.5, 0.6) is 0 Å². The first kappa shape index (κ1) is 65.6. The molecule has 12 aromatic carbocycles. The highest BCUT2D eigenvalue weighted by atomic mass is 19.4. The summed E-state index contributed by atoms with van der Waals surface area (Å²) in [5, 5.41) is 18.6. The van der Waals surface area contributed by atoms with Crippen LogP contribution < -0.4 is 0 Å². The molecular formula is C86H58F9N7. The van der Waals surface area contributed by atoms with E-state index in [1.165, 1.54) is 28.8 Å². The maximum Gasteiger partial charge on any atom is 0.420 e. The normalized spacial score (nSPS) is 12.1. The van der Waals surface area contributed by atoms with Crippen LogP contribution in [0.15, 0.2) is 206 Å². The van der Waals surface area contributed by atoms with E-state index in [2.05, 4.69) is 46.3 Å². The Balaban J connectivity index is 0.000000165. The van der Waals surface area contributed by atoms with Crippen LogP contribution in [0.25, 0.3) is 142 Å². The van der Waals surface area contributed by atoms with Gasteiger partial charge in [-0.1, -0.05) is 109 Å². The van der Waals surface area contributed by atoms with E-state index < -0.39 is 35.2 Å². The Morgan fingerprint density at radius 2 is 0.578 bits per heavy atom. The second-order valence-corrected chi connectivity index (χ2v) is 26.2. The van der Waals surface area contributed by atoms with E-state index in [0.29, 0.717) is 50.6 Å². The molecule has 0 N–H and O–H groups in total. The molecule has 0 saturated heterocycles. The Morgan fingerprint density at radius 3 is 0.853 bits per heavy atom. The molecule has 4 heterocycles. The highest BCUT2D eigenvalue weighted by Gasteiger charge is 2.42. The summed E-state index contributed by atoms with van der Waals surface area (Å²) in [6, 6.07) is 61.1. The molecule has 4 aromatic heterocycles. The average Bonchev–Trinajstić information content (AvgIpc) is 1.52. The zero-order valence-corrected chi connectivity index (χ0v) is 56.2. The molecule has 16 rings (SSSR count). The number of alkyl halides is 9. The van der Waals surface area contributed by atoms with E-state index in [9.17, 15) is 31.6 Å². The molecule has 0 aliphatic rings. The van der Waals surface area contributed by atoms with Crippen molar-refractivity contribution in [2.75, 3.05) is 0 Å². The molecule has 0 spiro atoms. The summed E-state index contributed by atoms with van der Waals surface area (Å²) in [5.41, 5.74) is 11.0. The maximum absolute atomic E-state index is 16.3. The quantitative estimate of drug-likeness (QED) is 0.121. The fourth-order valence-electron chi connectivity index (χ4n) is 15.7. The Labute approximate surface area is 579 Å². The summed E-state index contributed by atoms with van der Waals surface area (Å²) in [7, 11) is 0. The molecule has 0 aliphatic carbocycles. The first-order chi connectivity index (χ1) is 48.7. The largest absolute Gasteiger partial charge is 0.420 e. The molecular weight excluding hydrogens is 1300 g/mol. The van der Waals surface area contributed by atoms with Crippen molar-refractivity contribution in [3.8, 4) is 51.1 Å². The van der Waals surface area contributed by atoms with E-state index in [-0.39, 0.29) is 39.4 Å². The fraction of sp³-hybridized carbons (Fsp3) is 0.128. The standard InChI is InChI=1S/C43H29F6N3.C43H29F3N4/c1-23-10-6-14-31-36(23)37-24(2)11-7-15-32(37)51(31)35-19-18-30(27-20-28(42(44,45)46)22-29(21-27)50-5)41(40(35)43(47,48)49)52-33-16-8-12-25(3)38(33)39-26(4)13-9-17-34(39)52;1-24-10-6-14-34-38(24)39-25(2)11-7-15-35(39)49(34)33-19-18-31(28-20-29(43(44,45)46)22-30(21-28)48-5)42(32(33)23-47)50-36-16-8-12-26(3)40(36)41-27(4)13-9-17-37(41)50/h6-22H,1-4H3;6-22H,1-4H3. The van der Waals surface area contributed by atoms with Crippen LogP contribution >= 0.6 is 0 Å². The molecule has 0 unspecified atom stereocenters. The van der Waals surface area contributed by atoms with Crippen molar-refractivity contribution in [2.24, 2.45) is 0 Å². The van der Waals surface area contributed by atoms with Crippen LogP contribution in [-0.4, -0.2) is 18.3 Å². The van der Waals surface area contributed by atoms with Gasteiger partial charge in [0.25, 0.3) is 0 Å². The van der Waals surface area contributed by atoms with Crippen LogP contribution in [0.3, 0.4) is 0 Å². The van der Waals surface area contributed by atoms with Crippen LogP contribution in [0.4, 0.5) is 50.9 Å². The van der Waals surface area contributed by atoms with Crippen LogP contribution in [-0.2, 0) is 18.5 Å². The van der Waals surface area contributed by atoms with E-state index >= 15 is 13.2 Å². The van der Waals surface area contributed by atoms with Gasteiger partial charge in [0.05, 0.1) is 80.0 Å². The number of aromatic nitrogens is 4. The van der Waals surface area contributed by atoms with Crippen molar-refractivity contribution in [3.63, 3.8) is 0 Å². The molecule has 0 bridgehead atoms. The predicted octanol–water partition coefficient (Wildman–Crippen LogP) is 25.6. The molecule has 0 saturated carbocycles. The van der Waals surface area contributed by atoms with Gasteiger partial charge in [0.15, 0.2) is 11.4 Å². The third kappa shape index (κ3) is 10.2. The van der Waals surface area contributed by atoms with Crippen molar-refractivity contribution in [3.05, 3.63) is 296 Å². The average molecular weight is 1360 g/mol. The summed E-state index contributed by atoms with van der Waals surface area (Å²) in [4.78, 5) is 6.68. The van der Waals surface area contributed by atoms with Gasteiger partial charge >= 0.3 is 18.5 Å². The smallest absolute Gasteiger partial charge is 0.309 e. The topological polar surface area (TPSA) is 52.2 Å². The molecule has 0 fully saturated rings. The van der Waals surface area contributed by atoms with E-state index in [4.69, 9.17) is 13.1 Å². The number of aryl methyl sites for hydroxylation is 8. The maximum atomic E-state index is 16.3. The number of nitrogens with zero attached hydrogens (tertiary/aromatic N) is 7. The molecule has 16 aromatic rings. The number of benzene rings is 12. The van der Waals surface area contributed by atoms with Crippen molar-refractivity contribution < 1.29 is 39.5 Å². The Morgan fingerprint density at radius 1 is 0.314 bits per heavy atom. The molecule has 0 atom stereocenters. The lowest BCUT2D eigenvalue weighted by atomic mass is 9.95. The zero-order chi connectivity index (χ0) is 71.9. The van der Waals surface area contributed by atoms with Crippen molar-refractivity contribution in [1.29, 1.82) is 5.26 Å². The highest BCUT2D eigenvalue weighted by Crippen LogP contribution is 2.51. The predicted molar refractivity (Wildman–Crippen MR) is 391 cm³/mol. The van der Waals surface area contributed by atoms with Crippen LogP contribution in [0.1, 0.15) is 66.8 Å². The second-order valence-electron chi connectivity index (χ2n) is 26.2. The van der Waals surface area contributed by atoms with Gasteiger partial charge in [0, 0.05) is 65.3 Å². The molecule has 0 amide bonds. The Bertz CT molecular complexity index is 6180. The molecule has 102 heavy (non-hydrogen) atoms. The lowest BCUT2D eigenvalue weighted by molar-refractivity contribution is -0.138. The summed E-state index contributed by atoms with van der Waals surface area (Å²) in [6.45, 7) is 31.1. The molecule has 16 heteroatoms. The van der Waals surface area contributed by atoms with Gasteiger partial charge in [0.2, 0.25) is 0 Å². The van der Waals surface area contributed by atoms with Gasteiger partial charge < -0.3 is 18.3 Å². The van der Waals surface area contributed by atoms with Gasteiger partial charge in [-0.3, -0.25) is 0 Å². The number of halogens is 9. The number of fused-ring (bicyclic) bond motifs is 12. The number of hydrogen-bond acceptors (Lipinski definition) is 1. The molecule has 500 valence electrons. The van der Waals surface area contributed by atoms with E-state index in [1.807, 2.05) is 137 Å². The van der Waals surface area contributed by atoms with Crippen molar-refractivity contribution in [2.45, 2.75) is 73.9 Å². The van der Waals surface area contributed by atoms with E-state index in [0.717, 1.165) is 128 Å². The van der Waals surface area contributed by atoms with Crippen LogP contribution in [0.2, 0.25) is 0 Å². The first-order valence-corrected chi connectivity index (χ1v) is 32.7. The summed E-state index contributed by atoms with van der Waals surface area (Å²) < 4.78 is 142. The third-order valence-electron chi connectivity index (χ3n) is 19.9. The molecule has 0 radical (unpaired) electrons. The number of rotatable bonds is 6. The SMILES string of the molecule is [C-]#[N+]c1cc(-c2ccc(-n3c4cccc(C)c4c4c(C)cccc43)c(C#N)c2-n2c3cccc(C)c3c3c(C)cccc32)cc(C(F)(F)F)c1.[C-]#[N+]c1cc(-c2ccc(-n3c4cccc(C)c4c4c(C)cccc43)c(C(F)(F)F)c2-n2c3cccc(C)c3c3c(C)cccc32)cc(C(F)(F)F)c1. The highest BCUT2D eigenvalue weighted by molar-refractivity contribution is 6.17. The van der Waals surface area contributed by atoms with Gasteiger partial charge in [-0.25, -0.2) is 9.69 Å².